The minimum atomic E-state index is -0.629. The van der Waals surface area contributed by atoms with E-state index >= 15 is 0 Å². The largest absolute Gasteiger partial charge is 0.387 e. The smallest absolute Gasteiger partial charge is 0.329 e. The summed E-state index contributed by atoms with van der Waals surface area (Å²) in [5.74, 6) is 0. The van der Waals surface area contributed by atoms with Crippen LogP contribution >= 0.6 is 0 Å². The Morgan fingerprint density at radius 1 is 1.08 bits per heavy atom. The van der Waals surface area contributed by atoms with Crippen molar-refractivity contribution in [3.63, 3.8) is 0 Å². The van der Waals surface area contributed by atoms with Gasteiger partial charge in [0, 0.05) is 48.2 Å². The molecule has 0 spiro atoms. The number of likely N-dealkylation sites (tertiary alicyclic amines) is 1. The maximum Gasteiger partial charge on any atom is 0.329 e. The number of nitrogens with zero attached hydrogens (tertiary/aromatic N) is 5. The van der Waals surface area contributed by atoms with Crippen LogP contribution in [-0.4, -0.2) is 53.7 Å². The first kappa shape index (κ1) is 23.1. The van der Waals surface area contributed by atoms with E-state index in [1.165, 1.54) is 6.20 Å². The molecule has 6 rings (SSSR count). The maximum absolute atomic E-state index is 13.2. The summed E-state index contributed by atoms with van der Waals surface area (Å²) in [7, 11) is 0. The third-order valence-corrected chi connectivity index (χ3v) is 7.22. The second kappa shape index (κ2) is 8.94. The third kappa shape index (κ3) is 3.97. The van der Waals surface area contributed by atoms with E-state index in [4.69, 9.17) is 4.98 Å². The summed E-state index contributed by atoms with van der Waals surface area (Å²) in [5.41, 5.74) is 3.73. The predicted octanol–water partition coefficient (Wildman–Crippen LogP) is 3.38. The van der Waals surface area contributed by atoms with Crippen LogP contribution in [0.15, 0.2) is 76.7 Å². The number of rotatable bonds is 4. The number of benzene rings is 1. The number of piperidine rings is 1. The Morgan fingerprint density at radius 2 is 1.84 bits per heavy atom. The molecule has 1 aliphatic rings. The summed E-state index contributed by atoms with van der Waals surface area (Å²) in [5, 5.41) is 11.2. The third-order valence-electron chi connectivity index (χ3n) is 7.22. The monoisotopic (exact) mass is 494 g/mol. The van der Waals surface area contributed by atoms with E-state index in [-0.39, 0.29) is 6.04 Å². The summed E-state index contributed by atoms with van der Waals surface area (Å²) in [6.45, 7) is 6.98. The van der Waals surface area contributed by atoms with Crippen LogP contribution in [0.25, 0.3) is 44.1 Å². The quantitative estimate of drug-likeness (QED) is 0.368. The molecule has 9 nitrogen and oxygen atoms in total. The molecule has 9 heteroatoms. The highest BCUT2D eigenvalue weighted by atomic mass is 16.3. The molecule has 5 heterocycles. The minimum absolute atomic E-state index is 0.150. The molecular formula is C28H26N6O3. The Morgan fingerprint density at radius 3 is 2.62 bits per heavy atom. The van der Waals surface area contributed by atoms with E-state index < -0.39 is 17.4 Å². The van der Waals surface area contributed by atoms with Crippen LogP contribution in [0.1, 0.15) is 25.8 Å². The van der Waals surface area contributed by atoms with Crippen molar-refractivity contribution in [3.8, 4) is 11.3 Å². The fourth-order valence-corrected chi connectivity index (χ4v) is 5.19. The lowest BCUT2D eigenvalue weighted by atomic mass is 10.0. The van der Waals surface area contributed by atoms with Gasteiger partial charge in [0.2, 0.25) is 0 Å². The number of fused-ring (bicyclic) bond motifs is 4. The van der Waals surface area contributed by atoms with E-state index in [1.807, 2.05) is 47.4 Å². The molecule has 186 valence electrons. The van der Waals surface area contributed by atoms with E-state index in [0.717, 1.165) is 16.5 Å². The molecule has 0 bridgehead atoms. The Bertz CT molecular complexity index is 1800. The molecule has 0 radical (unpaired) electrons. The summed E-state index contributed by atoms with van der Waals surface area (Å²) >= 11 is 0. The molecule has 1 aliphatic heterocycles. The number of hydrogen-bond donors (Lipinski definition) is 2. The van der Waals surface area contributed by atoms with Gasteiger partial charge in [0.05, 0.1) is 33.7 Å². The highest BCUT2D eigenvalue weighted by molar-refractivity contribution is 6.01. The summed E-state index contributed by atoms with van der Waals surface area (Å²) in [6, 6.07) is 13.5. The van der Waals surface area contributed by atoms with Gasteiger partial charge in [-0.05, 0) is 44.0 Å². The van der Waals surface area contributed by atoms with Crippen molar-refractivity contribution in [3.05, 3.63) is 88.0 Å². The average molecular weight is 495 g/mol. The van der Waals surface area contributed by atoms with Crippen LogP contribution < -0.4 is 11.2 Å². The number of pyridine rings is 3. The fraction of sp³-hybridized carbons (Fsp3) is 0.250. The topological polar surface area (TPSA) is 117 Å². The van der Waals surface area contributed by atoms with Crippen molar-refractivity contribution >= 4 is 32.8 Å². The van der Waals surface area contributed by atoms with E-state index in [1.54, 1.807) is 17.7 Å². The number of para-hydroxylation sites is 1. The SMILES string of the molecule is C=C([C@H](C)O)N1CCC(n2c(=O)[nH]c(=O)c3cnc4ccc(-c5cnc6ccccc6c5)nc4c32)CC1. The number of aromatic amines is 1. The summed E-state index contributed by atoms with van der Waals surface area (Å²) < 4.78 is 1.67. The van der Waals surface area contributed by atoms with Gasteiger partial charge >= 0.3 is 5.69 Å². The molecule has 1 aromatic carbocycles. The fourth-order valence-electron chi connectivity index (χ4n) is 5.19. The zero-order chi connectivity index (χ0) is 25.7. The molecule has 37 heavy (non-hydrogen) atoms. The van der Waals surface area contributed by atoms with E-state index in [2.05, 4.69) is 21.5 Å². The Balaban J connectivity index is 1.51. The molecule has 5 aromatic rings. The Labute approximate surface area is 211 Å². The van der Waals surface area contributed by atoms with Gasteiger partial charge in [-0.2, -0.15) is 0 Å². The standard InChI is InChI=1S/C28H26N6O3/c1-16(17(2)35)33-11-9-20(10-12-33)34-26-21(27(36)32-28(34)37)15-30-24-8-7-23(31-25(24)26)19-13-18-5-3-4-6-22(18)29-14-19/h3-8,13-15,17,20,35H,1,9-12H2,2H3,(H,32,36,37)/t17-/m0/s1. The van der Waals surface area contributed by atoms with Crippen molar-refractivity contribution in [2.45, 2.75) is 31.9 Å². The molecule has 4 aromatic heterocycles. The number of nitrogens with one attached hydrogen (secondary N) is 1. The van der Waals surface area contributed by atoms with E-state index in [9.17, 15) is 14.7 Å². The van der Waals surface area contributed by atoms with Crippen molar-refractivity contribution in [1.29, 1.82) is 0 Å². The maximum atomic E-state index is 13.2. The second-order valence-electron chi connectivity index (χ2n) is 9.52. The molecule has 1 atom stereocenters. The highest BCUT2D eigenvalue weighted by Gasteiger charge is 2.26. The van der Waals surface area contributed by atoms with Gasteiger partial charge in [-0.3, -0.25) is 24.3 Å². The minimum Gasteiger partial charge on any atom is -0.387 e. The van der Waals surface area contributed by atoms with Crippen LogP contribution in [-0.2, 0) is 0 Å². The van der Waals surface area contributed by atoms with Crippen molar-refractivity contribution in [2.24, 2.45) is 0 Å². The molecule has 0 aliphatic carbocycles. The van der Waals surface area contributed by atoms with Crippen LogP contribution in [0.5, 0.6) is 0 Å². The van der Waals surface area contributed by atoms with Gasteiger partial charge in [0.1, 0.15) is 5.52 Å². The molecule has 0 saturated carbocycles. The first-order valence-electron chi connectivity index (χ1n) is 12.3. The lowest BCUT2D eigenvalue weighted by molar-refractivity contribution is 0.151. The van der Waals surface area contributed by atoms with Crippen molar-refractivity contribution in [1.82, 2.24) is 29.4 Å². The molecule has 0 amide bonds. The van der Waals surface area contributed by atoms with Gasteiger partial charge in [0.15, 0.2) is 0 Å². The summed E-state index contributed by atoms with van der Waals surface area (Å²) in [4.78, 5) is 44.4. The molecular weight excluding hydrogens is 468 g/mol. The van der Waals surface area contributed by atoms with Gasteiger partial charge in [0.25, 0.3) is 5.56 Å². The molecule has 0 unspecified atom stereocenters. The molecule has 2 N–H and O–H groups in total. The first-order valence-corrected chi connectivity index (χ1v) is 12.3. The van der Waals surface area contributed by atoms with Crippen LogP contribution in [0.2, 0.25) is 0 Å². The molecule has 1 fully saturated rings. The Kier molecular flexibility index (Phi) is 5.57. The van der Waals surface area contributed by atoms with Crippen LogP contribution in [0.4, 0.5) is 0 Å². The zero-order valence-electron chi connectivity index (χ0n) is 20.4. The number of hydrogen-bond acceptors (Lipinski definition) is 7. The first-order chi connectivity index (χ1) is 17.9. The van der Waals surface area contributed by atoms with Gasteiger partial charge in [-0.1, -0.05) is 24.8 Å². The average Bonchev–Trinajstić information content (AvgIpc) is 2.92. The van der Waals surface area contributed by atoms with Crippen LogP contribution in [0, 0.1) is 0 Å². The lowest BCUT2D eigenvalue weighted by Crippen LogP contribution is -2.40. The van der Waals surface area contributed by atoms with Crippen molar-refractivity contribution < 1.29 is 5.11 Å². The second-order valence-corrected chi connectivity index (χ2v) is 9.52. The normalized spacial score (nSPS) is 15.5. The van der Waals surface area contributed by atoms with Crippen LogP contribution in [0.3, 0.4) is 0 Å². The van der Waals surface area contributed by atoms with Gasteiger partial charge < -0.3 is 10.0 Å². The number of aromatic nitrogens is 5. The predicted molar refractivity (Wildman–Crippen MR) is 143 cm³/mol. The van der Waals surface area contributed by atoms with Gasteiger partial charge in [-0.15, -0.1) is 0 Å². The number of H-pyrrole nitrogens is 1. The highest BCUT2D eigenvalue weighted by Crippen LogP contribution is 2.30. The lowest BCUT2D eigenvalue weighted by Gasteiger charge is -2.36. The van der Waals surface area contributed by atoms with Gasteiger partial charge in [-0.25, -0.2) is 9.78 Å². The zero-order valence-corrected chi connectivity index (χ0v) is 20.4. The Hall–Kier alpha value is -4.37. The van der Waals surface area contributed by atoms with Crippen molar-refractivity contribution in [2.75, 3.05) is 13.1 Å². The molecule has 1 saturated heterocycles. The van der Waals surface area contributed by atoms with E-state index in [0.29, 0.717) is 59.3 Å². The number of aliphatic hydroxyl groups is 1. The summed E-state index contributed by atoms with van der Waals surface area (Å²) in [6.07, 6.45) is 3.97. The number of aliphatic hydroxyl groups excluding tert-OH is 1.